The lowest BCUT2D eigenvalue weighted by molar-refractivity contribution is 0.0971. The minimum absolute atomic E-state index is 0.143. The smallest absolute Gasteiger partial charge is 0.273 e. The van der Waals surface area contributed by atoms with Crippen molar-refractivity contribution in [3.8, 4) is 5.75 Å². The Morgan fingerprint density at radius 1 is 1.56 bits per heavy atom. The second-order valence-corrected chi connectivity index (χ2v) is 4.00. The van der Waals surface area contributed by atoms with Crippen molar-refractivity contribution in [2.24, 2.45) is 18.0 Å². The standard InChI is InChI=1S/C12H14N4O2/c1-7-3-4-10(17)11-8(7)5-9(16(11)2)12(18)14-6-15-13/h3-6,17H,13H2,1-2H3,(H,14,15,18). The predicted molar refractivity (Wildman–Crippen MR) is 69.5 cm³/mol. The van der Waals surface area contributed by atoms with Gasteiger partial charge in [0.05, 0.1) is 5.52 Å². The van der Waals surface area contributed by atoms with Crippen LogP contribution in [-0.4, -0.2) is 21.9 Å². The Hall–Kier alpha value is -2.50. The normalized spacial score (nSPS) is 11.2. The molecule has 0 bridgehead atoms. The number of hydrazone groups is 1. The molecule has 0 fully saturated rings. The van der Waals surface area contributed by atoms with Crippen LogP contribution in [0, 0.1) is 6.92 Å². The van der Waals surface area contributed by atoms with E-state index in [-0.39, 0.29) is 11.7 Å². The van der Waals surface area contributed by atoms with Crippen molar-refractivity contribution in [1.82, 2.24) is 9.88 Å². The fourth-order valence-electron chi connectivity index (χ4n) is 1.97. The number of nitrogens with one attached hydrogen (secondary N) is 1. The summed E-state index contributed by atoms with van der Waals surface area (Å²) in [6.07, 6.45) is 1.12. The number of hydrogen-bond acceptors (Lipinski definition) is 4. The Labute approximate surface area is 104 Å². The van der Waals surface area contributed by atoms with Gasteiger partial charge in [-0.15, -0.1) is 0 Å². The van der Waals surface area contributed by atoms with Crippen molar-refractivity contribution in [3.63, 3.8) is 0 Å². The van der Waals surface area contributed by atoms with Crippen molar-refractivity contribution < 1.29 is 9.90 Å². The number of fused-ring (bicyclic) bond motifs is 1. The number of phenolic OH excluding ortho intramolecular Hbond substituents is 1. The van der Waals surface area contributed by atoms with E-state index in [1.807, 2.05) is 6.92 Å². The highest BCUT2D eigenvalue weighted by molar-refractivity contribution is 6.04. The van der Waals surface area contributed by atoms with Gasteiger partial charge in [-0.25, -0.2) is 0 Å². The third-order valence-corrected chi connectivity index (χ3v) is 2.89. The summed E-state index contributed by atoms with van der Waals surface area (Å²) in [7, 11) is 1.72. The first kappa shape index (κ1) is 12.0. The van der Waals surface area contributed by atoms with Gasteiger partial charge in [-0.05, 0) is 24.6 Å². The summed E-state index contributed by atoms with van der Waals surface area (Å²) in [6, 6.07) is 5.14. The van der Waals surface area contributed by atoms with Crippen molar-refractivity contribution in [3.05, 3.63) is 29.5 Å². The Bertz CT molecular complexity index is 643. The Morgan fingerprint density at radius 3 is 2.89 bits per heavy atom. The maximum absolute atomic E-state index is 11.9. The van der Waals surface area contributed by atoms with Gasteiger partial charge in [-0.2, -0.15) is 5.10 Å². The van der Waals surface area contributed by atoms with Crippen LogP contribution in [0.2, 0.25) is 0 Å². The minimum atomic E-state index is -0.332. The maximum atomic E-state index is 11.9. The summed E-state index contributed by atoms with van der Waals surface area (Å²) in [6.45, 7) is 1.92. The number of aryl methyl sites for hydroxylation is 2. The third-order valence-electron chi connectivity index (χ3n) is 2.89. The number of aromatic hydroxyl groups is 1. The molecule has 1 aromatic heterocycles. The second kappa shape index (κ2) is 4.40. The zero-order chi connectivity index (χ0) is 13.3. The lowest BCUT2D eigenvalue weighted by atomic mass is 10.1. The molecule has 6 nitrogen and oxygen atoms in total. The number of carbonyl (C=O) groups is 1. The van der Waals surface area contributed by atoms with Gasteiger partial charge in [0.25, 0.3) is 5.91 Å². The van der Waals surface area contributed by atoms with E-state index in [1.54, 1.807) is 29.8 Å². The molecular weight excluding hydrogens is 232 g/mol. The molecule has 0 saturated heterocycles. The van der Waals surface area contributed by atoms with Gasteiger partial charge in [0.15, 0.2) is 0 Å². The van der Waals surface area contributed by atoms with Crippen LogP contribution in [0.5, 0.6) is 5.75 Å². The number of nitrogens with two attached hydrogens (primary N) is 1. The molecule has 0 radical (unpaired) electrons. The summed E-state index contributed by atoms with van der Waals surface area (Å²) in [5.41, 5.74) is 2.05. The van der Waals surface area contributed by atoms with E-state index in [2.05, 4.69) is 10.4 Å². The quantitative estimate of drug-likeness (QED) is 0.317. The van der Waals surface area contributed by atoms with Crippen LogP contribution in [0.15, 0.2) is 23.3 Å². The highest BCUT2D eigenvalue weighted by atomic mass is 16.3. The largest absolute Gasteiger partial charge is 0.506 e. The van der Waals surface area contributed by atoms with E-state index in [9.17, 15) is 9.90 Å². The van der Waals surface area contributed by atoms with E-state index in [0.717, 1.165) is 17.3 Å². The number of amides is 1. The summed E-state index contributed by atoms with van der Waals surface area (Å²) in [5, 5.41) is 16.3. The van der Waals surface area contributed by atoms with Crippen molar-refractivity contribution in [2.45, 2.75) is 6.92 Å². The fraction of sp³-hybridized carbons (Fsp3) is 0.167. The molecule has 4 N–H and O–H groups in total. The van der Waals surface area contributed by atoms with E-state index >= 15 is 0 Å². The number of aromatic nitrogens is 1. The highest BCUT2D eigenvalue weighted by Crippen LogP contribution is 2.29. The van der Waals surface area contributed by atoms with Crippen molar-refractivity contribution in [2.75, 3.05) is 0 Å². The van der Waals surface area contributed by atoms with Gasteiger partial charge >= 0.3 is 0 Å². The molecule has 2 rings (SSSR count). The average Bonchev–Trinajstić information content (AvgIpc) is 2.70. The maximum Gasteiger partial charge on any atom is 0.273 e. The third kappa shape index (κ3) is 1.77. The fourth-order valence-corrected chi connectivity index (χ4v) is 1.97. The van der Waals surface area contributed by atoms with Crippen LogP contribution >= 0.6 is 0 Å². The molecular formula is C12H14N4O2. The predicted octanol–water partition coefficient (Wildman–Crippen LogP) is 0.824. The van der Waals surface area contributed by atoms with Crippen molar-refractivity contribution >= 4 is 23.1 Å². The van der Waals surface area contributed by atoms with Crippen LogP contribution in [0.4, 0.5) is 0 Å². The molecule has 18 heavy (non-hydrogen) atoms. The monoisotopic (exact) mass is 246 g/mol. The number of phenols is 1. The molecule has 0 aliphatic heterocycles. The molecule has 0 saturated carbocycles. The average molecular weight is 246 g/mol. The zero-order valence-electron chi connectivity index (χ0n) is 10.1. The van der Waals surface area contributed by atoms with Gasteiger partial charge in [0.1, 0.15) is 17.8 Å². The Balaban J connectivity index is 2.61. The molecule has 0 spiro atoms. The van der Waals surface area contributed by atoms with Gasteiger partial charge in [-0.3, -0.25) is 4.79 Å². The van der Waals surface area contributed by atoms with Crippen LogP contribution in [0.3, 0.4) is 0 Å². The first-order valence-corrected chi connectivity index (χ1v) is 5.37. The molecule has 0 unspecified atom stereocenters. The number of hydrogen-bond donors (Lipinski definition) is 3. The molecule has 94 valence electrons. The molecule has 2 aromatic rings. The van der Waals surface area contributed by atoms with Crippen LogP contribution in [0.1, 0.15) is 16.1 Å². The van der Waals surface area contributed by atoms with E-state index in [4.69, 9.17) is 5.84 Å². The molecule has 0 aliphatic rings. The summed E-state index contributed by atoms with van der Waals surface area (Å²) >= 11 is 0. The topological polar surface area (TPSA) is 92.6 Å². The lowest BCUT2D eigenvalue weighted by Gasteiger charge is -2.04. The summed E-state index contributed by atoms with van der Waals surface area (Å²) < 4.78 is 1.64. The second-order valence-electron chi connectivity index (χ2n) is 4.00. The van der Waals surface area contributed by atoms with Gasteiger partial charge in [0.2, 0.25) is 0 Å². The molecule has 0 atom stereocenters. The van der Waals surface area contributed by atoms with Gasteiger partial charge in [0, 0.05) is 12.4 Å². The van der Waals surface area contributed by atoms with Crippen LogP contribution < -0.4 is 11.2 Å². The minimum Gasteiger partial charge on any atom is -0.506 e. The van der Waals surface area contributed by atoms with Crippen LogP contribution in [0.25, 0.3) is 10.9 Å². The van der Waals surface area contributed by atoms with E-state index in [0.29, 0.717) is 11.2 Å². The highest BCUT2D eigenvalue weighted by Gasteiger charge is 2.15. The number of rotatable bonds is 2. The first-order chi connectivity index (χ1) is 8.56. The number of carbonyl (C=O) groups excluding carboxylic acids is 1. The van der Waals surface area contributed by atoms with Crippen molar-refractivity contribution in [1.29, 1.82) is 0 Å². The van der Waals surface area contributed by atoms with E-state index < -0.39 is 0 Å². The molecule has 0 aliphatic carbocycles. The van der Waals surface area contributed by atoms with Gasteiger partial charge in [-0.1, -0.05) is 6.07 Å². The Kier molecular flexibility index (Phi) is 2.93. The van der Waals surface area contributed by atoms with E-state index in [1.165, 1.54) is 0 Å². The number of nitrogens with zero attached hydrogens (tertiary/aromatic N) is 2. The zero-order valence-corrected chi connectivity index (χ0v) is 10.1. The summed E-state index contributed by atoms with van der Waals surface area (Å²) in [4.78, 5) is 11.9. The molecule has 6 heteroatoms. The molecule has 1 heterocycles. The van der Waals surface area contributed by atoms with Crippen LogP contribution in [-0.2, 0) is 7.05 Å². The SMILES string of the molecule is Cc1ccc(O)c2c1cc(C(=O)NC=NN)n2C. The first-order valence-electron chi connectivity index (χ1n) is 5.37. The van der Waals surface area contributed by atoms with Gasteiger partial charge < -0.3 is 20.8 Å². The molecule has 1 amide bonds. The number of benzene rings is 1. The Morgan fingerprint density at radius 2 is 2.28 bits per heavy atom. The summed E-state index contributed by atoms with van der Waals surface area (Å²) in [5.74, 6) is 4.74. The molecule has 1 aromatic carbocycles. The lowest BCUT2D eigenvalue weighted by Crippen LogP contribution is -2.24.